The fourth-order valence-corrected chi connectivity index (χ4v) is 12.9. The van der Waals surface area contributed by atoms with Crippen molar-refractivity contribution in [3.63, 3.8) is 0 Å². The average molecular weight is 813 g/mol. The molecule has 13 rings (SSSR count). The van der Waals surface area contributed by atoms with E-state index in [1.165, 1.54) is 122 Å². The van der Waals surface area contributed by atoms with E-state index >= 15 is 0 Å². The molecule has 1 nitrogen and oxygen atoms in total. The first-order chi connectivity index (χ1) is 30.1. The van der Waals surface area contributed by atoms with Crippen molar-refractivity contribution < 1.29 is 4.42 Å². The molecule has 0 bridgehead atoms. The maximum atomic E-state index is 7.07. The highest BCUT2D eigenvalue weighted by Gasteiger charge is 2.44. The summed E-state index contributed by atoms with van der Waals surface area (Å²) < 4.78 is 7.07. The van der Waals surface area contributed by atoms with Gasteiger partial charge in [-0.25, -0.2) is 0 Å². The van der Waals surface area contributed by atoms with E-state index in [1.807, 2.05) is 0 Å². The van der Waals surface area contributed by atoms with Crippen molar-refractivity contribution in [2.75, 3.05) is 0 Å². The van der Waals surface area contributed by atoms with Gasteiger partial charge >= 0.3 is 0 Å². The smallest absolute Gasteiger partial charge is 0.138 e. The largest absolute Gasteiger partial charge is 0.456 e. The van der Waals surface area contributed by atoms with Crippen LogP contribution in [-0.2, 0) is 21.7 Å². The van der Waals surface area contributed by atoms with E-state index in [1.54, 1.807) is 0 Å². The van der Waals surface area contributed by atoms with Crippen LogP contribution in [0.1, 0.15) is 111 Å². The van der Waals surface area contributed by atoms with Crippen molar-refractivity contribution in [3.05, 3.63) is 189 Å². The van der Waals surface area contributed by atoms with Gasteiger partial charge in [-0.05, 0) is 172 Å². The van der Waals surface area contributed by atoms with Crippen molar-refractivity contribution in [2.24, 2.45) is 0 Å². The van der Waals surface area contributed by atoms with E-state index in [2.05, 4.69) is 203 Å². The van der Waals surface area contributed by atoms with Crippen LogP contribution in [-0.4, -0.2) is 0 Å². The SMILES string of the molecule is Cc1c(-c2ccc3c(c2)C(C)(C)c2cc4c(cc2-3)C(C)(C)c2ccc3ccccc3c2-4)oc(-c2ccc3c(c2)C(C)(C)c2cc4c(cc2-3)C(C)(C)c2ccc3ccccc3c2-4)c1C. The van der Waals surface area contributed by atoms with Gasteiger partial charge in [0, 0.05) is 32.8 Å². The van der Waals surface area contributed by atoms with Crippen molar-refractivity contribution >= 4 is 21.5 Å². The fourth-order valence-electron chi connectivity index (χ4n) is 12.9. The molecule has 0 saturated carbocycles. The van der Waals surface area contributed by atoms with Crippen LogP contribution < -0.4 is 0 Å². The molecule has 0 N–H and O–H groups in total. The molecule has 4 aliphatic rings. The third-order valence-electron chi connectivity index (χ3n) is 16.7. The van der Waals surface area contributed by atoms with E-state index in [0.717, 1.165) is 22.6 Å². The first kappa shape index (κ1) is 37.1. The van der Waals surface area contributed by atoms with Gasteiger partial charge in [-0.3, -0.25) is 0 Å². The van der Waals surface area contributed by atoms with Gasteiger partial charge < -0.3 is 4.42 Å². The normalized spacial score (nSPS) is 16.9. The highest BCUT2D eigenvalue weighted by Crippen LogP contribution is 2.60. The molecule has 4 aliphatic carbocycles. The molecule has 306 valence electrons. The van der Waals surface area contributed by atoms with E-state index in [0.29, 0.717) is 0 Å². The molecular formula is C62H52O. The molecule has 8 aromatic carbocycles. The number of rotatable bonds is 2. The molecule has 0 atom stereocenters. The van der Waals surface area contributed by atoms with Gasteiger partial charge in [0.05, 0.1) is 0 Å². The predicted octanol–water partition coefficient (Wildman–Crippen LogP) is 16.8. The second-order valence-corrected chi connectivity index (χ2v) is 21.3. The highest BCUT2D eigenvalue weighted by atomic mass is 16.3. The van der Waals surface area contributed by atoms with E-state index in [4.69, 9.17) is 4.42 Å². The minimum Gasteiger partial charge on any atom is -0.456 e. The van der Waals surface area contributed by atoms with E-state index < -0.39 is 0 Å². The number of benzene rings is 8. The zero-order chi connectivity index (χ0) is 43.3. The Morgan fingerprint density at radius 1 is 0.317 bits per heavy atom. The molecule has 9 aromatic rings. The van der Waals surface area contributed by atoms with Gasteiger partial charge in [0.15, 0.2) is 0 Å². The number of hydrogen-bond donors (Lipinski definition) is 0. The summed E-state index contributed by atoms with van der Waals surface area (Å²) in [6.45, 7) is 23.7. The molecule has 0 unspecified atom stereocenters. The first-order valence-electron chi connectivity index (χ1n) is 22.9. The average Bonchev–Trinajstić information content (AvgIpc) is 3.94. The van der Waals surface area contributed by atoms with Crippen molar-refractivity contribution in [2.45, 2.75) is 90.9 Å². The topological polar surface area (TPSA) is 13.1 Å². The summed E-state index contributed by atoms with van der Waals surface area (Å²) in [6, 6.07) is 51.4. The van der Waals surface area contributed by atoms with Crippen molar-refractivity contribution in [1.29, 1.82) is 0 Å². The Balaban J connectivity index is 0.885. The van der Waals surface area contributed by atoms with Crippen LogP contribution in [0.2, 0.25) is 0 Å². The molecule has 0 radical (unpaired) electrons. The van der Waals surface area contributed by atoms with E-state index in [9.17, 15) is 0 Å². The summed E-state index contributed by atoms with van der Waals surface area (Å²) in [5.74, 6) is 1.93. The molecule has 0 aliphatic heterocycles. The van der Waals surface area contributed by atoms with E-state index in [-0.39, 0.29) is 21.7 Å². The second-order valence-electron chi connectivity index (χ2n) is 21.3. The Morgan fingerprint density at radius 2 is 0.667 bits per heavy atom. The number of hydrogen-bond acceptors (Lipinski definition) is 1. The highest BCUT2D eigenvalue weighted by molar-refractivity contribution is 6.05. The van der Waals surface area contributed by atoms with Crippen LogP contribution >= 0.6 is 0 Å². The molecule has 1 heteroatoms. The number of fused-ring (bicyclic) bond motifs is 16. The van der Waals surface area contributed by atoms with Crippen LogP contribution in [0.5, 0.6) is 0 Å². The quantitative estimate of drug-likeness (QED) is 0.169. The summed E-state index contributed by atoms with van der Waals surface area (Å²) in [5.41, 5.74) is 26.5. The summed E-state index contributed by atoms with van der Waals surface area (Å²) in [4.78, 5) is 0. The maximum Gasteiger partial charge on any atom is 0.138 e. The number of furan rings is 1. The Bertz CT molecular complexity index is 3340. The lowest BCUT2D eigenvalue weighted by Gasteiger charge is -2.24. The lowest BCUT2D eigenvalue weighted by molar-refractivity contribution is 0.593. The summed E-state index contributed by atoms with van der Waals surface area (Å²) in [5, 5.41) is 5.30. The van der Waals surface area contributed by atoms with Gasteiger partial charge in [-0.2, -0.15) is 0 Å². The molecule has 1 aromatic heterocycles. The van der Waals surface area contributed by atoms with Gasteiger partial charge in [0.1, 0.15) is 11.5 Å². The lowest BCUT2D eigenvalue weighted by atomic mass is 9.79. The Morgan fingerprint density at radius 3 is 1.10 bits per heavy atom. The Labute approximate surface area is 371 Å². The molecule has 0 spiro atoms. The van der Waals surface area contributed by atoms with Crippen LogP contribution in [0.3, 0.4) is 0 Å². The standard InChI is InChI=1S/C62H52O/c1-33-34(2)58(38-20-24-42-44-30-54-46(32-52(44)62(9,10)50(42)28-38)56-40-18-14-12-16-36(40)22-26-48(56)60(54,5)6)63-57(33)37-19-23-41-43-29-53-45(31-51(43)61(7,8)49(41)27-37)55-39-17-13-11-15-35(39)21-25-47(55)59(53,3)4/h11-32H,1-10H3. The molecular weight excluding hydrogens is 761 g/mol. The summed E-state index contributed by atoms with van der Waals surface area (Å²) >= 11 is 0. The minimum absolute atomic E-state index is 0.0795. The monoisotopic (exact) mass is 812 g/mol. The van der Waals surface area contributed by atoms with Crippen LogP contribution in [0.4, 0.5) is 0 Å². The Kier molecular flexibility index (Phi) is 6.94. The zero-order valence-corrected chi connectivity index (χ0v) is 38.1. The fraction of sp³-hybridized carbons (Fsp3) is 0.226. The molecule has 63 heavy (non-hydrogen) atoms. The third kappa shape index (κ3) is 4.53. The van der Waals surface area contributed by atoms with Crippen LogP contribution in [0.25, 0.3) is 88.7 Å². The van der Waals surface area contributed by atoms with Gasteiger partial charge in [-0.1, -0.05) is 152 Å². The Hall–Kier alpha value is -6.44. The molecule has 0 fully saturated rings. The third-order valence-corrected chi connectivity index (χ3v) is 16.7. The molecule has 1 heterocycles. The lowest BCUT2D eigenvalue weighted by Crippen LogP contribution is -2.17. The zero-order valence-electron chi connectivity index (χ0n) is 38.1. The first-order valence-corrected chi connectivity index (χ1v) is 22.9. The molecule has 0 saturated heterocycles. The van der Waals surface area contributed by atoms with Gasteiger partial charge in [0.25, 0.3) is 0 Å². The second kappa shape index (κ2) is 11.8. The predicted molar refractivity (Wildman–Crippen MR) is 264 cm³/mol. The van der Waals surface area contributed by atoms with Crippen molar-refractivity contribution in [1.82, 2.24) is 0 Å². The minimum atomic E-state index is -0.170. The summed E-state index contributed by atoms with van der Waals surface area (Å²) in [7, 11) is 0. The maximum absolute atomic E-state index is 7.07. The van der Waals surface area contributed by atoms with Crippen LogP contribution in [0, 0.1) is 13.8 Å². The van der Waals surface area contributed by atoms with Gasteiger partial charge in [-0.15, -0.1) is 0 Å². The van der Waals surface area contributed by atoms with Crippen LogP contribution in [0.15, 0.2) is 138 Å². The van der Waals surface area contributed by atoms with Gasteiger partial charge in [0.2, 0.25) is 0 Å². The molecule has 0 amide bonds. The van der Waals surface area contributed by atoms with Crippen molar-refractivity contribution in [3.8, 4) is 67.2 Å². The summed E-state index contributed by atoms with van der Waals surface area (Å²) in [6.07, 6.45) is 0.